The topological polar surface area (TPSA) is 121 Å². The van der Waals surface area contributed by atoms with Crippen molar-refractivity contribution in [1.29, 1.82) is 0 Å². The van der Waals surface area contributed by atoms with Crippen LogP contribution in [0.15, 0.2) is 26.9 Å². The molecule has 0 amide bonds. The van der Waals surface area contributed by atoms with Crippen LogP contribution in [0, 0.1) is 6.92 Å². The second-order valence-electron chi connectivity index (χ2n) is 6.91. The van der Waals surface area contributed by atoms with Gasteiger partial charge in [0.25, 0.3) is 11.5 Å². The molecule has 0 fully saturated rings. The molecule has 1 N–H and O–H groups in total. The molecule has 10 nitrogen and oxygen atoms in total. The third-order valence-electron chi connectivity index (χ3n) is 4.56. The fraction of sp³-hybridized carbons (Fsp3) is 0.400. The number of esters is 1. The molecular weight excluding hydrogens is 522 g/mol. The number of nitrogens with one attached hydrogen (secondary N) is 1. The predicted octanol–water partition coefficient (Wildman–Crippen LogP) is 3.14. The molecule has 0 saturated carbocycles. The lowest BCUT2D eigenvalue weighted by molar-refractivity contribution is -0.143. The number of nitrogens with zero attached hydrogens (tertiary/aromatic N) is 2. The van der Waals surface area contributed by atoms with Gasteiger partial charge in [0.05, 0.1) is 18.7 Å². The number of carbonyl (C=O) groups excluding carboxylic acids is 1. The van der Waals surface area contributed by atoms with Gasteiger partial charge in [-0.15, -0.1) is 0 Å². The van der Waals surface area contributed by atoms with Crippen LogP contribution in [0.25, 0.3) is 0 Å². The van der Waals surface area contributed by atoms with E-state index >= 15 is 0 Å². The highest BCUT2D eigenvalue weighted by molar-refractivity contribution is 6.43. The monoisotopic (exact) mass is 541 g/mol. The molecule has 1 atom stereocenters. The van der Waals surface area contributed by atoms with Crippen molar-refractivity contribution < 1.29 is 37.0 Å². The summed E-state index contributed by atoms with van der Waals surface area (Å²) in [6, 6.07) is 2.73. The van der Waals surface area contributed by atoms with Gasteiger partial charge in [-0.3, -0.25) is 9.36 Å². The van der Waals surface area contributed by atoms with Crippen molar-refractivity contribution in [2.45, 2.75) is 32.7 Å². The Hall–Kier alpha value is -3.19. The summed E-state index contributed by atoms with van der Waals surface area (Å²) in [5.74, 6) is -0.745. The predicted molar refractivity (Wildman–Crippen MR) is 119 cm³/mol. The maximum atomic E-state index is 13.0. The molecule has 2 aromatic rings. The van der Waals surface area contributed by atoms with Crippen molar-refractivity contribution in [3.63, 3.8) is 0 Å². The zero-order chi connectivity index (χ0) is 26.5. The van der Waals surface area contributed by atoms with Gasteiger partial charge in [0.1, 0.15) is 23.6 Å². The SMILES string of the molecule is CON=C(OCC(=O)OC)C(C)Oc1ccc(Cn2c(=O)[nH]c(C(F)(F)F)c(C)c2=O)c(Cl)c1Cl. The minimum Gasteiger partial charge on any atom is -0.479 e. The van der Waals surface area contributed by atoms with E-state index in [-0.39, 0.29) is 27.3 Å². The van der Waals surface area contributed by atoms with Crippen LogP contribution in [0.3, 0.4) is 0 Å². The summed E-state index contributed by atoms with van der Waals surface area (Å²) in [4.78, 5) is 42.2. The standard InChI is InChI=1S/C20H20Cl2F3N3O7/c1-9-16(20(23,24)25)26-19(31)28(18(9)30)7-11-5-6-12(15(22)14(11)21)35-10(2)17(27-33-4)34-8-13(29)32-3/h5-6,10H,7-8H2,1-4H3,(H,26,31). The lowest BCUT2D eigenvalue weighted by Gasteiger charge is -2.19. The average Bonchev–Trinajstić information content (AvgIpc) is 2.79. The quantitative estimate of drug-likeness (QED) is 0.236. The molecule has 1 aromatic heterocycles. The van der Waals surface area contributed by atoms with Crippen LogP contribution in [-0.4, -0.2) is 48.3 Å². The molecule has 1 unspecified atom stereocenters. The summed E-state index contributed by atoms with van der Waals surface area (Å²) in [7, 11) is 2.43. The molecule has 15 heteroatoms. The third-order valence-corrected chi connectivity index (χ3v) is 5.46. The fourth-order valence-corrected chi connectivity index (χ4v) is 3.24. The summed E-state index contributed by atoms with van der Waals surface area (Å²) in [5.41, 5.74) is -4.34. The van der Waals surface area contributed by atoms with E-state index in [0.717, 1.165) is 6.92 Å². The molecule has 0 aliphatic carbocycles. The van der Waals surface area contributed by atoms with E-state index in [4.69, 9.17) is 32.7 Å². The second-order valence-corrected chi connectivity index (χ2v) is 7.66. The third kappa shape index (κ3) is 6.69. The zero-order valence-corrected chi connectivity index (χ0v) is 20.3. The summed E-state index contributed by atoms with van der Waals surface area (Å²) in [6.45, 7) is 1.54. The van der Waals surface area contributed by atoms with Crippen LogP contribution in [0.2, 0.25) is 10.0 Å². The van der Waals surface area contributed by atoms with E-state index in [0.29, 0.717) is 4.57 Å². The molecule has 1 aromatic carbocycles. The van der Waals surface area contributed by atoms with E-state index < -0.39 is 53.9 Å². The second kappa shape index (κ2) is 11.5. The molecular formula is C20H20Cl2F3N3O7. The molecule has 2 rings (SSSR count). The molecule has 0 spiro atoms. The maximum absolute atomic E-state index is 13.0. The van der Waals surface area contributed by atoms with Crippen molar-refractivity contribution in [2.24, 2.45) is 5.16 Å². The minimum absolute atomic E-state index is 0.0447. The number of H-pyrrole nitrogens is 1. The van der Waals surface area contributed by atoms with E-state index in [1.165, 1.54) is 33.3 Å². The van der Waals surface area contributed by atoms with Crippen LogP contribution in [-0.2, 0) is 31.8 Å². The Labute approximate surface area is 206 Å². The van der Waals surface area contributed by atoms with Crippen molar-refractivity contribution in [3.8, 4) is 5.75 Å². The number of ether oxygens (including phenoxy) is 3. The van der Waals surface area contributed by atoms with Gasteiger partial charge in [0.15, 0.2) is 12.7 Å². The van der Waals surface area contributed by atoms with Gasteiger partial charge in [-0.1, -0.05) is 29.3 Å². The minimum atomic E-state index is -4.90. The summed E-state index contributed by atoms with van der Waals surface area (Å²) in [5, 5.41) is 3.41. The summed E-state index contributed by atoms with van der Waals surface area (Å²) >= 11 is 12.5. The number of aromatic amines is 1. The van der Waals surface area contributed by atoms with E-state index in [9.17, 15) is 27.6 Å². The molecule has 0 aliphatic rings. The lowest BCUT2D eigenvalue weighted by Crippen LogP contribution is -2.39. The van der Waals surface area contributed by atoms with Gasteiger partial charge in [-0.25, -0.2) is 9.59 Å². The Morgan fingerprint density at radius 2 is 1.86 bits per heavy atom. The number of rotatable bonds is 8. The van der Waals surface area contributed by atoms with Gasteiger partial charge in [-0.05, 0) is 30.6 Å². The van der Waals surface area contributed by atoms with Crippen molar-refractivity contribution in [2.75, 3.05) is 20.8 Å². The number of methoxy groups -OCH3 is 1. The van der Waals surface area contributed by atoms with Gasteiger partial charge < -0.3 is 24.0 Å². The highest BCUT2D eigenvalue weighted by Gasteiger charge is 2.35. The van der Waals surface area contributed by atoms with E-state index in [1.807, 2.05) is 0 Å². The van der Waals surface area contributed by atoms with E-state index in [1.54, 1.807) is 4.98 Å². The smallest absolute Gasteiger partial charge is 0.431 e. The van der Waals surface area contributed by atoms with Gasteiger partial charge >= 0.3 is 17.8 Å². The molecule has 0 radical (unpaired) electrons. The highest BCUT2D eigenvalue weighted by Crippen LogP contribution is 2.35. The summed E-state index contributed by atoms with van der Waals surface area (Å²) in [6.07, 6.45) is -5.81. The number of aromatic nitrogens is 2. The fourth-order valence-electron chi connectivity index (χ4n) is 2.79. The van der Waals surface area contributed by atoms with E-state index in [2.05, 4.69) is 14.7 Å². The Morgan fingerprint density at radius 3 is 2.43 bits per heavy atom. The van der Waals surface area contributed by atoms with Gasteiger partial charge in [0, 0.05) is 5.56 Å². The average molecular weight is 542 g/mol. The van der Waals surface area contributed by atoms with Crippen LogP contribution >= 0.6 is 23.2 Å². The number of alkyl halides is 3. The number of halogens is 5. The Bertz CT molecular complexity index is 1240. The lowest BCUT2D eigenvalue weighted by atomic mass is 10.2. The summed E-state index contributed by atoms with van der Waals surface area (Å²) < 4.78 is 55.0. The molecule has 1 heterocycles. The number of oxime groups is 1. The normalized spacial score (nSPS) is 12.8. The number of hydrogen-bond donors (Lipinski definition) is 1. The van der Waals surface area contributed by atoms with Crippen LogP contribution in [0.4, 0.5) is 13.2 Å². The molecule has 35 heavy (non-hydrogen) atoms. The van der Waals surface area contributed by atoms with Gasteiger partial charge in [-0.2, -0.15) is 13.2 Å². The Balaban J connectivity index is 2.32. The molecule has 0 saturated heterocycles. The van der Waals surface area contributed by atoms with Crippen LogP contribution in [0.1, 0.15) is 23.7 Å². The van der Waals surface area contributed by atoms with Gasteiger partial charge in [0.2, 0.25) is 0 Å². The van der Waals surface area contributed by atoms with Crippen molar-refractivity contribution >= 4 is 35.1 Å². The molecule has 0 aliphatic heterocycles. The molecule has 192 valence electrons. The first-order valence-electron chi connectivity index (χ1n) is 9.66. The van der Waals surface area contributed by atoms with Crippen LogP contribution in [0.5, 0.6) is 5.75 Å². The largest absolute Gasteiger partial charge is 0.479 e. The van der Waals surface area contributed by atoms with Crippen molar-refractivity contribution in [1.82, 2.24) is 9.55 Å². The van der Waals surface area contributed by atoms with Crippen LogP contribution < -0.4 is 16.0 Å². The van der Waals surface area contributed by atoms with Crippen molar-refractivity contribution in [3.05, 3.63) is 59.8 Å². The number of carbonyl (C=O) groups is 1. The molecule has 0 bridgehead atoms. The first-order valence-corrected chi connectivity index (χ1v) is 10.4. The first kappa shape index (κ1) is 28.1. The number of hydrogen-bond acceptors (Lipinski definition) is 8. The highest BCUT2D eigenvalue weighted by atomic mass is 35.5. The number of benzene rings is 1. The Kier molecular flexibility index (Phi) is 9.21. The maximum Gasteiger partial charge on any atom is 0.431 e. The Morgan fingerprint density at radius 1 is 1.20 bits per heavy atom. The first-order chi connectivity index (χ1) is 16.3. The zero-order valence-electron chi connectivity index (χ0n) is 18.8.